The van der Waals surface area contributed by atoms with E-state index in [1.54, 1.807) is 6.07 Å². The van der Waals surface area contributed by atoms with Crippen molar-refractivity contribution in [2.45, 2.75) is 9.92 Å². The van der Waals surface area contributed by atoms with Crippen LogP contribution in [0, 0.1) is 10.1 Å². The summed E-state index contributed by atoms with van der Waals surface area (Å²) < 4.78 is 0. The first kappa shape index (κ1) is 12.4. The fourth-order valence-corrected chi connectivity index (χ4v) is 2.54. The molecule has 0 bridgehead atoms. The van der Waals surface area contributed by atoms with E-state index in [1.807, 2.05) is 0 Å². The number of nitrogens with one attached hydrogen (secondary N) is 1. The van der Waals surface area contributed by atoms with Crippen molar-refractivity contribution in [2.75, 3.05) is 5.73 Å². The van der Waals surface area contributed by atoms with Crippen molar-refractivity contribution >= 4 is 34.3 Å². The van der Waals surface area contributed by atoms with E-state index < -0.39 is 4.92 Å². The van der Waals surface area contributed by atoms with Gasteiger partial charge in [-0.05, 0) is 6.07 Å². The number of aromatic amines is 1. The fraction of sp³-hybridized carbons (Fsp3) is 0. The number of hydrogen-bond acceptors (Lipinski definition) is 7. The van der Waals surface area contributed by atoms with Gasteiger partial charge in [-0.15, -0.1) is 0 Å². The van der Waals surface area contributed by atoms with Crippen molar-refractivity contribution in [3.8, 4) is 0 Å². The van der Waals surface area contributed by atoms with Gasteiger partial charge in [0.05, 0.1) is 16.9 Å². The summed E-state index contributed by atoms with van der Waals surface area (Å²) in [4.78, 5) is 26.0. The zero-order chi connectivity index (χ0) is 14.1. The minimum Gasteiger partial charge on any atom is -0.398 e. The van der Waals surface area contributed by atoms with Gasteiger partial charge in [0.1, 0.15) is 16.9 Å². The molecule has 3 aromatic rings. The molecule has 0 aliphatic heterocycles. The van der Waals surface area contributed by atoms with Crippen LogP contribution < -0.4 is 5.73 Å². The van der Waals surface area contributed by atoms with E-state index in [4.69, 9.17) is 5.73 Å². The lowest BCUT2D eigenvalue weighted by Gasteiger charge is -2.04. The second-order valence-corrected chi connectivity index (χ2v) is 4.89. The van der Waals surface area contributed by atoms with Gasteiger partial charge < -0.3 is 10.7 Å². The number of anilines is 1. The van der Waals surface area contributed by atoms with Crippen molar-refractivity contribution in [3.05, 3.63) is 41.0 Å². The van der Waals surface area contributed by atoms with Crippen molar-refractivity contribution < 1.29 is 4.92 Å². The highest BCUT2D eigenvalue weighted by molar-refractivity contribution is 7.99. The van der Waals surface area contributed by atoms with E-state index in [0.29, 0.717) is 26.8 Å². The molecule has 2 heterocycles. The molecule has 0 fully saturated rings. The highest BCUT2D eigenvalue weighted by Crippen LogP contribution is 2.35. The normalized spacial score (nSPS) is 10.8. The lowest BCUT2D eigenvalue weighted by atomic mass is 10.3. The Labute approximate surface area is 116 Å². The maximum atomic E-state index is 10.7. The quantitative estimate of drug-likeness (QED) is 0.327. The smallest absolute Gasteiger partial charge is 0.271 e. The first-order valence-electron chi connectivity index (χ1n) is 5.51. The van der Waals surface area contributed by atoms with Crippen LogP contribution in [0.1, 0.15) is 0 Å². The first-order chi connectivity index (χ1) is 9.65. The number of imidazole rings is 1. The summed E-state index contributed by atoms with van der Waals surface area (Å²) in [5.41, 5.74) is 7.38. The standard InChI is InChI=1S/C11H8N6O2S/c12-7-3-6(17(18)19)1-2-8(7)20-11-9-10(14-4-13-9)15-5-16-11/h1-5H,12H2,(H,13,14,15,16). The number of rotatable bonds is 3. The molecule has 0 unspecified atom stereocenters. The Morgan fingerprint density at radius 3 is 2.90 bits per heavy atom. The maximum absolute atomic E-state index is 10.7. The van der Waals surface area contributed by atoms with E-state index in [1.165, 1.54) is 36.5 Å². The molecule has 0 radical (unpaired) electrons. The topological polar surface area (TPSA) is 124 Å². The third-order valence-electron chi connectivity index (χ3n) is 2.60. The van der Waals surface area contributed by atoms with Crippen molar-refractivity contribution in [1.29, 1.82) is 0 Å². The summed E-state index contributed by atoms with van der Waals surface area (Å²) in [5.74, 6) is 0. The summed E-state index contributed by atoms with van der Waals surface area (Å²) in [6.07, 6.45) is 2.94. The molecule has 0 aliphatic carbocycles. The van der Waals surface area contributed by atoms with E-state index in [9.17, 15) is 10.1 Å². The van der Waals surface area contributed by atoms with E-state index >= 15 is 0 Å². The van der Waals surface area contributed by atoms with Gasteiger partial charge in [-0.3, -0.25) is 10.1 Å². The second kappa shape index (κ2) is 4.78. The average molecular weight is 288 g/mol. The zero-order valence-electron chi connectivity index (χ0n) is 9.98. The number of nitro benzene ring substituents is 1. The maximum Gasteiger partial charge on any atom is 0.271 e. The molecule has 1 aromatic carbocycles. The number of benzene rings is 1. The van der Waals surface area contributed by atoms with Gasteiger partial charge in [0, 0.05) is 17.0 Å². The second-order valence-electron chi connectivity index (χ2n) is 3.86. The monoisotopic (exact) mass is 288 g/mol. The number of nitrogens with two attached hydrogens (primary N) is 1. The van der Waals surface area contributed by atoms with Crippen LogP contribution in [-0.4, -0.2) is 24.9 Å². The number of hydrogen-bond donors (Lipinski definition) is 2. The van der Waals surface area contributed by atoms with Crippen LogP contribution in [0.15, 0.2) is 40.8 Å². The third-order valence-corrected chi connectivity index (χ3v) is 3.69. The summed E-state index contributed by atoms with van der Waals surface area (Å²) >= 11 is 1.30. The predicted octanol–water partition coefficient (Wildman–Crippen LogP) is 1.99. The SMILES string of the molecule is Nc1cc([N+](=O)[O-])ccc1Sc1ncnc2nc[nH]c12. The van der Waals surface area contributed by atoms with E-state index in [2.05, 4.69) is 19.9 Å². The minimum atomic E-state index is -0.484. The molecule has 0 atom stereocenters. The molecular weight excluding hydrogens is 280 g/mol. The van der Waals surface area contributed by atoms with Gasteiger partial charge in [0.15, 0.2) is 5.65 Å². The Hall–Kier alpha value is -2.68. The number of H-pyrrole nitrogens is 1. The number of aromatic nitrogens is 4. The molecule has 9 heteroatoms. The fourth-order valence-electron chi connectivity index (χ4n) is 1.67. The van der Waals surface area contributed by atoms with Crippen LogP contribution in [0.5, 0.6) is 0 Å². The molecule has 8 nitrogen and oxygen atoms in total. The zero-order valence-corrected chi connectivity index (χ0v) is 10.8. The number of nitro groups is 1. The largest absolute Gasteiger partial charge is 0.398 e. The molecule has 100 valence electrons. The first-order valence-corrected chi connectivity index (χ1v) is 6.32. The summed E-state index contributed by atoms with van der Waals surface area (Å²) in [6.45, 7) is 0. The molecule has 3 rings (SSSR count). The van der Waals surface area contributed by atoms with Gasteiger partial charge in [0.25, 0.3) is 5.69 Å². The molecule has 0 spiro atoms. The predicted molar refractivity (Wildman–Crippen MR) is 73.3 cm³/mol. The molecule has 20 heavy (non-hydrogen) atoms. The van der Waals surface area contributed by atoms with Gasteiger partial charge in [0.2, 0.25) is 0 Å². The van der Waals surface area contributed by atoms with Crippen molar-refractivity contribution in [3.63, 3.8) is 0 Å². The van der Waals surface area contributed by atoms with Crippen LogP contribution >= 0.6 is 11.8 Å². The summed E-state index contributed by atoms with van der Waals surface area (Å²) in [7, 11) is 0. The van der Waals surface area contributed by atoms with E-state index in [0.717, 1.165) is 0 Å². The Bertz CT molecular complexity index is 802. The van der Waals surface area contributed by atoms with Gasteiger partial charge in [-0.2, -0.15) is 0 Å². The Morgan fingerprint density at radius 1 is 1.30 bits per heavy atom. The average Bonchev–Trinajstić information content (AvgIpc) is 2.90. The molecule has 0 saturated heterocycles. The Kier molecular flexibility index (Phi) is 2.95. The molecular formula is C11H8N6O2S. The number of non-ortho nitro benzene ring substituents is 1. The van der Waals surface area contributed by atoms with Crippen LogP contribution in [0.3, 0.4) is 0 Å². The Balaban J connectivity index is 1.99. The van der Waals surface area contributed by atoms with E-state index in [-0.39, 0.29) is 5.69 Å². The highest BCUT2D eigenvalue weighted by atomic mass is 32.2. The summed E-state index contributed by atoms with van der Waals surface area (Å²) in [5, 5.41) is 11.3. The molecule has 0 amide bonds. The summed E-state index contributed by atoms with van der Waals surface area (Å²) in [6, 6.07) is 4.33. The van der Waals surface area contributed by atoms with Crippen LogP contribution in [-0.2, 0) is 0 Å². The van der Waals surface area contributed by atoms with Crippen molar-refractivity contribution in [1.82, 2.24) is 19.9 Å². The Morgan fingerprint density at radius 2 is 2.15 bits per heavy atom. The number of fused-ring (bicyclic) bond motifs is 1. The van der Waals surface area contributed by atoms with Crippen LogP contribution in [0.4, 0.5) is 11.4 Å². The van der Waals surface area contributed by atoms with Crippen LogP contribution in [0.25, 0.3) is 11.2 Å². The van der Waals surface area contributed by atoms with Gasteiger partial charge in [-0.1, -0.05) is 11.8 Å². The van der Waals surface area contributed by atoms with Crippen molar-refractivity contribution in [2.24, 2.45) is 0 Å². The van der Waals surface area contributed by atoms with Crippen LogP contribution in [0.2, 0.25) is 0 Å². The molecule has 0 aliphatic rings. The lowest BCUT2D eigenvalue weighted by Crippen LogP contribution is -1.94. The molecule has 3 N–H and O–H groups in total. The minimum absolute atomic E-state index is 0.0405. The highest BCUT2D eigenvalue weighted by Gasteiger charge is 2.12. The van der Waals surface area contributed by atoms with Gasteiger partial charge in [-0.25, -0.2) is 15.0 Å². The number of nitrogen functional groups attached to an aromatic ring is 1. The number of nitrogens with zero attached hydrogens (tertiary/aromatic N) is 4. The van der Waals surface area contributed by atoms with Gasteiger partial charge >= 0.3 is 0 Å². The lowest BCUT2D eigenvalue weighted by molar-refractivity contribution is -0.384. The molecule has 0 saturated carbocycles. The third kappa shape index (κ3) is 2.14. The molecule has 2 aromatic heterocycles.